The van der Waals surface area contributed by atoms with Crippen LogP contribution in [0.5, 0.6) is 0 Å². The predicted octanol–water partition coefficient (Wildman–Crippen LogP) is 3.12. The lowest BCUT2D eigenvalue weighted by Crippen LogP contribution is -2.43. The summed E-state index contributed by atoms with van der Waals surface area (Å²) in [6.45, 7) is 6.67. The number of hydrogen-bond acceptors (Lipinski definition) is 5. The molecule has 134 valence electrons. The molecule has 0 spiro atoms. The van der Waals surface area contributed by atoms with Crippen molar-refractivity contribution in [2.24, 2.45) is 11.8 Å². The third-order valence-electron chi connectivity index (χ3n) is 4.41. The minimum absolute atomic E-state index is 0.0500. The Morgan fingerprint density at radius 3 is 2.92 bits per heavy atom. The number of anilines is 1. The van der Waals surface area contributed by atoms with E-state index in [1.807, 2.05) is 18.2 Å². The zero-order chi connectivity index (χ0) is 17.6. The molecule has 0 aliphatic carbocycles. The highest BCUT2D eigenvalue weighted by molar-refractivity contribution is 7.09. The molecule has 25 heavy (non-hydrogen) atoms. The van der Waals surface area contributed by atoms with Crippen LogP contribution in [0.2, 0.25) is 0 Å². The average molecular weight is 359 g/mol. The zero-order valence-corrected chi connectivity index (χ0v) is 15.8. The Labute approximate surface area is 153 Å². The number of nitrogens with zero attached hydrogens (tertiary/aromatic N) is 3. The molecule has 0 saturated carbocycles. The molecule has 1 aromatic heterocycles. The summed E-state index contributed by atoms with van der Waals surface area (Å²) in [5.41, 5.74) is 1.22. The van der Waals surface area contributed by atoms with Crippen molar-refractivity contribution in [2.75, 3.05) is 24.5 Å². The molecule has 5 nitrogen and oxygen atoms in total. The van der Waals surface area contributed by atoms with E-state index in [0.717, 1.165) is 49.9 Å². The van der Waals surface area contributed by atoms with Crippen LogP contribution in [0, 0.1) is 11.8 Å². The van der Waals surface area contributed by atoms with Crippen LogP contribution in [0.3, 0.4) is 0 Å². The first-order chi connectivity index (χ1) is 12.1. The number of nitrogens with one attached hydrogen (secondary N) is 1. The second-order valence-corrected chi connectivity index (χ2v) is 7.81. The number of carbonyl (C=O) groups is 1. The van der Waals surface area contributed by atoms with Crippen molar-refractivity contribution < 1.29 is 4.79 Å². The smallest absolute Gasteiger partial charge is 0.224 e. The molecule has 2 aromatic rings. The molecule has 1 saturated heterocycles. The van der Waals surface area contributed by atoms with Gasteiger partial charge in [-0.25, -0.2) is 4.98 Å². The van der Waals surface area contributed by atoms with Gasteiger partial charge in [0.1, 0.15) is 5.82 Å². The van der Waals surface area contributed by atoms with Crippen LogP contribution in [-0.4, -0.2) is 34.9 Å². The largest absolute Gasteiger partial charge is 0.356 e. The van der Waals surface area contributed by atoms with Gasteiger partial charge in [0, 0.05) is 37.6 Å². The van der Waals surface area contributed by atoms with E-state index in [2.05, 4.69) is 40.6 Å². The third-order valence-corrected chi connectivity index (χ3v) is 5.22. The molecule has 2 heterocycles. The standard InChI is InChI=1S/C19H26N4OS/c1-14(2)12-20-18(24)16-9-6-10-23(13-16)19-21-17(22-25-19)11-15-7-4-3-5-8-15/h3-5,7-8,14,16H,6,9-13H2,1-2H3,(H,20,24). The van der Waals surface area contributed by atoms with E-state index in [4.69, 9.17) is 4.98 Å². The lowest BCUT2D eigenvalue weighted by molar-refractivity contribution is -0.125. The summed E-state index contributed by atoms with van der Waals surface area (Å²) in [7, 11) is 0. The quantitative estimate of drug-likeness (QED) is 0.862. The predicted molar refractivity (Wildman–Crippen MR) is 102 cm³/mol. The van der Waals surface area contributed by atoms with Gasteiger partial charge in [-0.05, 0) is 24.3 Å². The highest BCUT2D eigenvalue weighted by atomic mass is 32.1. The van der Waals surface area contributed by atoms with Gasteiger partial charge >= 0.3 is 0 Å². The molecule has 1 unspecified atom stereocenters. The maximum atomic E-state index is 12.4. The van der Waals surface area contributed by atoms with Gasteiger partial charge in [-0.2, -0.15) is 4.37 Å². The summed E-state index contributed by atoms with van der Waals surface area (Å²) in [6.07, 6.45) is 2.73. The molecular formula is C19H26N4OS. The van der Waals surface area contributed by atoms with Crippen LogP contribution in [0.4, 0.5) is 5.13 Å². The van der Waals surface area contributed by atoms with E-state index < -0.39 is 0 Å². The molecule has 1 N–H and O–H groups in total. The number of amides is 1. The first kappa shape index (κ1) is 17.9. The van der Waals surface area contributed by atoms with Gasteiger partial charge in [-0.3, -0.25) is 4.79 Å². The van der Waals surface area contributed by atoms with Crippen molar-refractivity contribution in [3.05, 3.63) is 41.7 Å². The fourth-order valence-corrected chi connectivity index (χ4v) is 3.76. The molecule has 1 aromatic carbocycles. The fraction of sp³-hybridized carbons (Fsp3) is 0.526. The van der Waals surface area contributed by atoms with Gasteiger partial charge in [0.25, 0.3) is 0 Å². The van der Waals surface area contributed by atoms with E-state index in [0.29, 0.717) is 5.92 Å². The summed E-state index contributed by atoms with van der Waals surface area (Å²) < 4.78 is 4.50. The molecule has 0 radical (unpaired) electrons. The fourth-order valence-electron chi connectivity index (χ4n) is 3.04. The Hall–Kier alpha value is -1.95. The highest BCUT2D eigenvalue weighted by Gasteiger charge is 2.27. The van der Waals surface area contributed by atoms with E-state index in [9.17, 15) is 4.79 Å². The lowest BCUT2D eigenvalue weighted by atomic mass is 9.97. The summed E-state index contributed by atoms with van der Waals surface area (Å²) in [5, 5.41) is 4.00. The number of piperidine rings is 1. The average Bonchev–Trinajstić information content (AvgIpc) is 3.09. The van der Waals surface area contributed by atoms with E-state index in [1.54, 1.807) is 0 Å². The first-order valence-electron chi connectivity index (χ1n) is 9.01. The Morgan fingerprint density at radius 1 is 1.36 bits per heavy atom. The van der Waals surface area contributed by atoms with Crippen LogP contribution in [-0.2, 0) is 11.2 Å². The van der Waals surface area contributed by atoms with Crippen molar-refractivity contribution in [1.29, 1.82) is 0 Å². The highest BCUT2D eigenvalue weighted by Crippen LogP contribution is 2.25. The van der Waals surface area contributed by atoms with Crippen molar-refractivity contribution >= 4 is 22.6 Å². The van der Waals surface area contributed by atoms with Gasteiger partial charge in [0.15, 0.2) is 0 Å². The zero-order valence-electron chi connectivity index (χ0n) is 14.9. The number of hydrogen-bond donors (Lipinski definition) is 1. The molecule has 1 atom stereocenters. The van der Waals surface area contributed by atoms with Crippen LogP contribution >= 0.6 is 11.5 Å². The van der Waals surface area contributed by atoms with Gasteiger partial charge in [0.2, 0.25) is 11.0 Å². The van der Waals surface area contributed by atoms with Gasteiger partial charge < -0.3 is 10.2 Å². The monoisotopic (exact) mass is 358 g/mol. The van der Waals surface area contributed by atoms with Gasteiger partial charge in [-0.15, -0.1) is 0 Å². The Kier molecular flexibility index (Phi) is 6.02. The summed E-state index contributed by atoms with van der Waals surface area (Å²) in [5.74, 6) is 1.56. The number of carbonyl (C=O) groups excluding carboxylic acids is 1. The van der Waals surface area contributed by atoms with Gasteiger partial charge in [0.05, 0.1) is 5.92 Å². The summed E-state index contributed by atoms with van der Waals surface area (Å²) >= 11 is 1.44. The molecule has 3 rings (SSSR count). The van der Waals surface area contributed by atoms with Crippen LogP contribution in [0.1, 0.15) is 38.1 Å². The molecule has 1 aliphatic heterocycles. The van der Waals surface area contributed by atoms with E-state index in [1.165, 1.54) is 17.1 Å². The Balaban J connectivity index is 1.59. The van der Waals surface area contributed by atoms with Gasteiger partial charge in [-0.1, -0.05) is 44.2 Å². The van der Waals surface area contributed by atoms with Crippen LogP contribution in [0.25, 0.3) is 0 Å². The molecule has 6 heteroatoms. The van der Waals surface area contributed by atoms with Crippen LogP contribution in [0.15, 0.2) is 30.3 Å². The van der Waals surface area contributed by atoms with Crippen molar-refractivity contribution in [3.8, 4) is 0 Å². The summed E-state index contributed by atoms with van der Waals surface area (Å²) in [4.78, 5) is 19.3. The normalized spacial score (nSPS) is 17.7. The van der Waals surface area contributed by atoms with Crippen molar-refractivity contribution in [3.63, 3.8) is 0 Å². The topological polar surface area (TPSA) is 58.1 Å². The van der Waals surface area contributed by atoms with E-state index in [-0.39, 0.29) is 11.8 Å². The summed E-state index contributed by atoms with van der Waals surface area (Å²) in [6, 6.07) is 10.3. The van der Waals surface area contributed by atoms with Crippen LogP contribution < -0.4 is 10.2 Å². The lowest BCUT2D eigenvalue weighted by Gasteiger charge is -2.31. The SMILES string of the molecule is CC(C)CNC(=O)C1CCCN(c2nc(Cc3ccccc3)ns2)C1. The third kappa shape index (κ3) is 5.01. The molecule has 1 fully saturated rings. The van der Waals surface area contributed by atoms with Crippen molar-refractivity contribution in [2.45, 2.75) is 33.1 Å². The van der Waals surface area contributed by atoms with E-state index >= 15 is 0 Å². The number of rotatable bonds is 6. The molecule has 1 aliphatic rings. The molecule has 0 bridgehead atoms. The second kappa shape index (κ2) is 8.43. The number of aromatic nitrogens is 2. The first-order valence-corrected chi connectivity index (χ1v) is 9.78. The van der Waals surface area contributed by atoms with Crippen molar-refractivity contribution in [1.82, 2.24) is 14.7 Å². The Bertz CT molecular complexity index is 686. The Morgan fingerprint density at radius 2 is 2.16 bits per heavy atom. The maximum absolute atomic E-state index is 12.4. The minimum Gasteiger partial charge on any atom is -0.356 e. The number of benzene rings is 1. The maximum Gasteiger partial charge on any atom is 0.224 e. The molecule has 1 amide bonds. The molecular weight excluding hydrogens is 332 g/mol. The second-order valence-electron chi connectivity index (χ2n) is 7.08. The minimum atomic E-state index is 0.0500.